The topological polar surface area (TPSA) is 55.1 Å². The average Bonchev–Trinajstić information content (AvgIpc) is 3.10. The van der Waals surface area contributed by atoms with Gasteiger partial charge in [0.2, 0.25) is 0 Å². The molecule has 0 spiro atoms. The van der Waals surface area contributed by atoms with Crippen LogP contribution in [-0.2, 0) is 13.0 Å². The SMILES string of the molecule is Cc1nn(Cc2ccccc2Cl)c(C)c1/C=C1/Cc2c(O)cccc2C1=O. The molecule has 0 atom stereocenters. The van der Waals surface area contributed by atoms with Gasteiger partial charge in [-0.2, -0.15) is 5.10 Å². The largest absolute Gasteiger partial charge is 0.508 e. The maximum Gasteiger partial charge on any atom is 0.189 e. The fourth-order valence-electron chi connectivity index (χ4n) is 3.57. The molecule has 0 saturated carbocycles. The number of nitrogens with zero attached hydrogens (tertiary/aromatic N) is 2. The van der Waals surface area contributed by atoms with Crippen LogP contribution in [0.25, 0.3) is 6.08 Å². The van der Waals surface area contributed by atoms with Crippen LogP contribution in [0.1, 0.15) is 38.4 Å². The molecule has 0 unspecified atom stereocenters. The monoisotopic (exact) mass is 378 g/mol. The van der Waals surface area contributed by atoms with E-state index in [-0.39, 0.29) is 11.5 Å². The summed E-state index contributed by atoms with van der Waals surface area (Å²) in [7, 11) is 0. The Labute approximate surface area is 162 Å². The molecule has 0 bridgehead atoms. The number of phenolic OH excluding ortho intramolecular Hbond substituents is 1. The van der Waals surface area contributed by atoms with Crippen LogP contribution in [0.15, 0.2) is 48.0 Å². The van der Waals surface area contributed by atoms with Crippen molar-refractivity contribution in [2.75, 3.05) is 0 Å². The smallest absolute Gasteiger partial charge is 0.189 e. The fraction of sp³-hybridized carbons (Fsp3) is 0.182. The summed E-state index contributed by atoms with van der Waals surface area (Å²) in [5.74, 6) is 0.144. The van der Waals surface area contributed by atoms with Crippen LogP contribution in [0, 0.1) is 13.8 Å². The van der Waals surface area contributed by atoms with Gasteiger partial charge in [-0.05, 0) is 37.6 Å². The summed E-state index contributed by atoms with van der Waals surface area (Å²) in [5, 5.41) is 15.4. The van der Waals surface area contributed by atoms with E-state index in [0.717, 1.165) is 22.5 Å². The summed E-state index contributed by atoms with van der Waals surface area (Å²) in [4.78, 5) is 12.7. The number of phenols is 1. The van der Waals surface area contributed by atoms with Crippen LogP contribution >= 0.6 is 11.6 Å². The van der Waals surface area contributed by atoms with Gasteiger partial charge in [0.1, 0.15) is 5.75 Å². The average molecular weight is 379 g/mol. The van der Waals surface area contributed by atoms with Gasteiger partial charge < -0.3 is 5.11 Å². The van der Waals surface area contributed by atoms with Gasteiger partial charge in [-0.1, -0.05) is 41.9 Å². The molecule has 1 heterocycles. The standard InChI is InChI=1S/C22H19ClN2O2/c1-13-18(10-16-11-19-17(22(16)27)7-5-9-21(19)26)14(2)25(24-13)12-15-6-3-4-8-20(15)23/h3-10,26H,11-12H2,1-2H3/b16-10-. The molecule has 1 aliphatic carbocycles. The fourth-order valence-corrected chi connectivity index (χ4v) is 3.76. The summed E-state index contributed by atoms with van der Waals surface area (Å²) in [5.41, 5.74) is 5.74. The molecular weight excluding hydrogens is 360 g/mol. The first-order valence-electron chi connectivity index (χ1n) is 8.79. The molecule has 1 aliphatic rings. The number of aromatic hydroxyl groups is 1. The van der Waals surface area contributed by atoms with E-state index in [1.807, 2.05) is 48.9 Å². The summed E-state index contributed by atoms with van der Waals surface area (Å²) in [6, 6.07) is 12.8. The lowest BCUT2D eigenvalue weighted by Gasteiger charge is -2.07. The summed E-state index contributed by atoms with van der Waals surface area (Å²) in [6.45, 7) is 4.50. The lowest BCUT2D eigenvalue weighted by atomic mass is 10.1. The Balaban J connectivity index is 1.69. The molecule has 27 heavy (non-hydrogen) atoms. The third-order valence-corrected chi connectivity index (χ3v) is 5.46. The second-order valence-corrected chi connectivity index (χ2v) is 7.22. The lowest BCUT2D eigenvalue weighted by molar-refractivity contribution is 0.104. The Morgan fingerprint density at radius 1 is 1.19 bits per heavy atom. The van der Waals surface area contributed by atoms with E-state index in [1.54, 1.807) is 18.2 Å². The van der Waals surface area contributed by atoms with Crippen molar-refractivity contribution in [1.29, 1.82) is 0 Å². The summed E-state index contributed by atoms with van der Waals surface area (Å²) in [6.07, 6.45) is 2.35. The number of fused-ring (bicyclic) bond motifs is 1. The third-order valence-electron chi connectivity index (χ3n) is 5.09. The lowest BCUT2D eigenvalue weighted by Crippen LogP contribution is -2.04. The van der Waals surface area contributed by atoms with Crippen molar-refractivity contribution in [2.45, 2.75) is 26.8 Å². The third kappa shape index (κ3) is 3.06. The van der Waals surface area contributed by atoms with E-state index in [2.05, 4.69) is 5.10 Å². The number of halogens is 1. The molecule has 0 fully saturated rings. The van der Waals surface area contributed by atoms with Crippen LogP contribution in [0.3, 0.4) is 0 Å². The number of hydrogen-bond acceptors (Lipinski definition) is 3. The van der Waals surface area contributed by atoms with Crippen molar-refractivity contribution in [3.05, 3.63) is 86.7 Å². The molecule has 0 amide bonds. The van der Waals surface area contributed by atoms with Gasteiger partial charge in [0.15, 0.2) is 5.78 Å². The molecule has 1 N–H and O–H groups in total. The van der Waals surface area contributed by atoms with Crippen molar-refractivity contribution >= 4 is 23.5 Å². The van der Waals surface area contributed by atoms with Gasteiger partial charge >= 0.3 is 0 Å². The number of hydrogen-bond donors (Lipinski definition) is 1. The van der Waals surface area contributed by atoms with Crippen molar-refractivity contribution in [3.63, 3.8) is 0 Å². The van der Waals surface area contributed by atoms with E-state index in [1.165, 1.54) is 0 Å². The molecule has 1 aromatic heterocycles. The van der Waals surface area contributed by atoms with E-state index in [4.69, 9.17) is 11.6 Å². The van der Waals surface area contributed by atoms with Gasteiger partial charge in [0.05, 0.1) is 12.2 Å². The summed E-state index contributed by atoms with van der Waals surface area (Å²) >= 11 is 6.27. The molecular formula is C22H19ClN2O2. The predicted molar refractivity (Wildman–Crippen MR) is 106 cm³/mol. The number of carbonyl (C=O) groups excluding carboxylic acids is 1. The Hall–Kier alpha value is -2.85. The number of benzene rings is 2. The minimum atomic E-state index is -0.0291. The number of ketones is 1. The van der Waals surface area contributed by atoms with Gasteiger partial charge in [-0.15, -0.1) is 0 Å². The Kier molecular flexibility index (Phi) is 4.36. The highest BCUT2D eigenvalue weighted by Crippen LogP contribution is 2.34. The van der Waals surface area contributed by atoms with Crippen LogP contribution in [0.4, 0.5) is 0 Å². The molecule has 0 saturated heterocycles. The van der Waals surface area contributed by atoms with Crippen molar-refractivity contribution < 1.29 is 9.90 Å². The quantitative estimate of drug-likeness (QED) is 0.670. The van der Waals surface area contributed by atoms with Crippen LogP contribution in [-0.4, -0.2) is 20.7 Å². The number of rotatable bonds is 3. The molecule has 0 aliphatic heterocycles. The predicted octanol–water partition coefficient (Wildman–Crippen LogP) is 4.73. The maximum absolute atomic E-state index is 12.7. The molecule has 4 rings (SSSR count). The molecule has 5 heteroatoms. The zero-order valence-electron chi connectivity index (χ0n) is 15.2. The minimum Gasteiger partial charge on any atom is -0.508 e. The normalized spacial score (nSPS) is 14.8. The van der Waals surface area contributed by atoms with Gasteiger partial charge in [0.25, 0.3) is 0 Å². The number of allylic oxidation sites excluding steroid dienone is 1. The van der Waals surface area contributed by atoms with Gasteiger partial charge in [0, 0.05) is 39.4 Å². The number of Topliss-reactive ketones (excluding diaryl/α,β-unsaturated/α-hetero) is 1. The minimum absolute atomic E-state index is 0.0291. The first-order valence-corrected chi connectivity index (χ1v) is 9.17. The highest BCUT2D eigenvalue weighted by Gasteiger charge is 2.27. The highest BCUT2D eigenvalue weighted by atomic mass is 35.5. The van der Waals surface area contributed by atoms with E-state index in [0.29, 0.717) is 34.7 Å². The van der Waals surface area contributed by atoms with Crippen molar-refractivity contribution in [2.24, 2.45) is 0 Å². The maximum atomic E-state index is 12.7. The van der Waals surface area contributed by atoms with E-state index in [9.17, 15) is 9.90 Å². The first kappa shape index (κ1) is 17.6. The zero-order valence-corrected chi connectivity index (χ0v) is 15.9. The van der Waals surface area contributed by atoms with Gasteiger partial charge in [-0.3, -0.25) is 9.48 Å². The molecule has 136 valence electrons. The van der Waals surface area contributed by atoms with Crippen molar-refractivity contribution in [3.8, 4) is 5.75 Å². The molecule has 2 aromatic carbocycles. The van der Waals surface area contributed by atoms with Crippen LogP contribution in [0.5, 0.6) is 5.75 Å². The Morgan fingerprint density at radius 2 is 1.96 bits per heavy atom. The van der Waals surface area contributed by atoms with Gasteiger partial charge in [-0.25, -0.2) is 0 Å². The summed E-state index contributed by atoms with van der Waals surface area (Å²) < 4.78 is 1.91. The zero-order chi connectivity index (χ0) is 19.1. The number of carbonyl (C=O) groups is 1. The molecule has 4 nitrogen and oxygen atoms in total. The second-order valence-electron chi connectivity index (χ2n) is 6.81. The Bertz CT molecular complexity index is 1100. The van der Waals surface area contributed by atoms with Crippen molar-refractivity contribution in [1.82, 2.24) is 9.78 Å². The highest BCUT2D eigenvalue weighted by molar-refractivity contribution is 6.31. The van der Waals surface area contributed by atoms with Crippen LogP contribution < -0.4 is 0 Å². The van der Waals surface area contributed by atoms with E-state index < -0.39 is 0 Å². The first-order chi connectivity index (χ1) is 13.0. The van der Waals surface area contributed by atoms with Crippen LogP contribution in [0.2, 0.25) is 5.02 Å². The molecule has 3 aromatic rings. The second kappa shape index (κ2) is 6.71. The number of aryl methyl sites for hydroxylation is 1. The number of aromatic nitrogens is 2. The molecule has 0 radical (unpaired) electrons. The van der Waals surface area contributed by atoms with E-state index >= 15 is 0 Å². The Morgan fingerprint density at radius 3 is 2.70 bits per heavy atom.